The molecular formula is C22H20ClN3O4. The SMILES string of the molecule is O=[N+]([O-])c1cc([C@@H](O)CNCCOc2ccc3c(c2)[nH]c2ccccc23)ccc1Cl. The standard InChI is InChI=1S/C22H20ClN3O4/c23-18-8-5-14(11-21(18)26(28)29)22(27)13-24-9-10-30-15-6-7-17-16-3-1-2-4-19(16)25-20(17)12-15/h1-8,11-12,22,24-25,27H,9-10,13H2/t22-/m0/s1. The molecule has 0 unspecified atom stereocenters. The number of hydrogen-bond acceptors (Lipinski definition) is 5. The van der Waals surface area contributed by atoms with Crippen molar-refractivity contribution in [3.05, 3.63) is 81.4 Å². The fraction of sp³-hybridized carbons (Fsp3) is 0.182. The number of fused-ring (bicyclic) bond motifs is 3. The number of nitrogens with zero attached hydrogens (tertiary/aromatic N) is 1. The van der Waals surface area contributed by atoms with Crippen LogP contribution in [0.25, 0.3) is 21.8 Å². The summed E-state index contributed by atoms with van der Waals surface area (Å²) in [7, 11) is 0. The number of nitro groups is 1. The smallest absolute Gasteiger partial charge is 0.288 e. The van der Waals surface area contributed by atoms with Gasteiger partial charge in [0.1, 0.15) is 17.4 Å². The summed E-state index contributed by atoms with van der Waals surface area (Å²) in [4.78, 5) is 13.8. The average Bonchev–Trinajstić information content (AvgIpc) is 3.11. The molecule has 0 bridgehead atoms. The lowest BCUT2D eigenvalue weighted by molar-refractivity contribution is -0.384. The monoisotopic (exact) mass is 425 g/mol. The van der Waals surface area contributed by atoms with Gasteiger partial charge < -0.3 is 20.1 Å². The second-order valence-corrected chi connectivity index (χ2v) is 7.32. The zero-order valence-electron chi connectivity index (χ0n) is 16.0. The Bertz CT molecular complexity index is 1210. The van der Waals surface area contributed by atoms with Crippen LogP contribution >= 0.6 is 11.6 Å². The number of aromatic amines is 1. The van der Waals surface area contributed by atoms with Crippen molar-refractivity contribution in [2.75, 3.05) is 19.7 Å². The van der Waals surface area contributed by atoms with Crippen LogP contribution in [0.4, 0.5) is 5.69 Å². The highest BCUT2D eigenvalue weighted by Gasteiger charge is 2.16. The van der Waals surface area contributed by atoms with Crippen molar-refractivity contribution in [3.8, 4) is 5.75 Å². The Kier molecular flexibility index (Phi) is 5.85. The van der Waals surface area contributed by atoms with Crippen molar-refractivity contribution >= 4 is 39.1 Å². The van der Waals surface area contributed by atoms with Gasteiger partial charge in [0.25, 0.3) is 5.69 Å². The first kappa shape index (κ1) is 20.2. The molecule has 4 rings (SSSR count). The molecule has 0 spiro atoms. The zero-order chi connectivity index (χ0) is 21.1. The van der Waals surface area contributed by atoms with E-state index in [0.717, 1.165) is 22.2 Å². The van der Waals surface area contributed by atoms with E-state index in [1.165, 1.54) is 17.5 Å². The van der Waals surface area contributed by atoms with E-state index in [-0.39, 0.29) is 17.3 Å². The number of ether oxygens (including phenoxy) is 1. The van der Waals surface area contributed by atoms with Crippen molar-refractivity contribution < 1.29 is 14.8 Å². The van der Waals surface area contributed by atoms with Gasteiger partial charge in [0, 0.05) is 41.5 Å². The Morgan fingerprint density at radius 3 is 2.73 bits per heavy atom. The first-order chi connectivity index (χ1) is 14.5. The number of nitrogens with one attached hydrogen (secondary N) is 2. The summed E-state index contributed by atoms with van der Waals surface area (Å²) in [5.41, 5.74) is 2.32. The molecule has 7 nitrogen and oxygen atoms in total. The summed E-state index contributed by atoms with van der Waals surface area (Å²) in [5.74, 6) is 0.754. The van der Waals surface area contributed by atoms with Crippen LogP contribution in [0, 0.1) is 10.1 Å². The van der Waals surface area contributed by atoms with Crippen LogP contribution in [0.15, 0.2) is 60.7 Å². The molecule has 0 aliphatic carbocycles. The quantitative estimate of drug-likeness (QED) is 0.218. The molecule has 0 aliphatic heterocycles. The number of nitro benzene ring substituents is 1. The number of benzene rings is 3. The third-order valence-corrected chi connectivity index (χ3v) is 5.23. The van der Waals surface area contributed by atoms with Crippen molar-refractivity contribution in [2.24, 2.45) is 0 Å². The number of halogens is 1. The molecule has 3 aromatic carbocycles. The normalized spacial score (nSPS) is 12.3. The van der Waals surface area contributed by atoms with Gasteiger partial charge >= 0.3 is 0 Å². The fourth-order valence-electron chi connectivity index (χ4n) is 3.40. The zero-order valence-corrected chi connectivity index (χ0v) is 16.7. The van der Waals surface area contributed by atoms with Gasteiger partial charge in [0.05, 0.1) is 16.5 Å². The molecule has 0 aliphatic rings. The molecule has 8 heteroatoms. The van der Waals surface area contributed by atoms with Gasteiger partial charge in [-0.2, -0.15) is 0 Å². The lowest BCUT2D eigenvalue weighted by atomic mass is 10.1. The van der Waals surface area contributed by atoms with E-state index in [0.29, 0.717) is 18.7 Å². The average molecular weight is 426 g/mol. The number of para-hydroxylation sites is 1. The molecule has 3 N–H and O–H groups in total. The van der Waals surface area contributed by atoms with Crippen molar-refractivity contribution in [1.29, 1.82) is 0 Å². The Morgan fingerprint density at radius 1 is 1.10 bits per heavy atom. The molecule has 1 heterocycles. The third-order valence-electron chi connectivity index (χ3n) is 4.91. The molecule has 0 saturated carbocycles. The molecule has 0 radical (unpaired) electrons. The van der Waals surface area contributed by atoms with Crippen molar-refractivity contribution in [3.63, 3.8) is 0 Å². The van der Waals surface area contributed by atoms with Gasteiger partial charge in [-0.3, -0.25) is 10.1 Å². The van der Waals surface area contributed by atoms with E-state index >= 15 is 0 Å². The molecule has 0 saturated heterocycles. The predicted molar refractivity (Wildman–Crippen MR) is 117 cm³/mol. The van der Waals surface area contributed by atoms with Gasteiger partial charge in [0.15, 0.2) is 0 Å². The summed E-state index contributed by atoms with van der Waals surface area (Å²) in [6.07, 6.45) is -0.885. The first-order valence-corrected chi connectivity index (χ1v) is 9.86. The van der Waals surface area contributed by atoms with E-state index in [1.54, 1.807) is 6.07 Å². The number of aliphatic hydroxyl groups excluding tert-OH is 1. The minimum atomic E-state index is -0.885. The maximum atomic E-state index is 11.0. The molecule has 0 amide bonds. The lowest BCUT2D eigenvalue weighted by Gasteiger charge is -2.13. The molecule has 154 valence electrons. The number of rotatable bonds is 8. The summed E-state index contributed by atoms with van der Waals surface area (Å²) < 4.78 is 5.79. The van der Waals surface area contributed by atoms with E-state index in [4.69, 9.17) is 16.3 Å². The first-order valence-electron chi connectivity index (χ1n) is 9.49. The van der Waals surface area contributed by atoms with Crippen LogP contribution in [0.5, 0.6) is 5.75 Å². The molecule has 1 aromatic heterocycles. The lowest BCUT2D eigenvalue weighted by Crippen LogP contribution is -2.26. The molecule has 0 fully saturated rings. The van der Waals surface area contributed by atoms with E-state index < -0.39 is 11.0 Å². The second-order valence-electron chi connectivity index (χ2n) is 6.91. The fourth-order valence-corrected chi connectivity index (χ4v) is 3.58. The maximum Gasteiger partial charge on any atom is 0.288 e. The summed E-state index contributed by atoms with van der Waals surface area (Å²) in [5, 5.41) is 26.7. The minimum Gasteiger partial charge on any atom is -0.492 e. The van der Waals surface area contributed by atoms with Gasteiger partial charge in [-0.05, 0) is 29.8 Å². The summed E-state index contributed by atoms with van der Waals surface area (Å²) in [6, 6.07) is 18.4. The Hall–Kier alpha value is -3.13. The van der Waals surface area contributed by atoms with Crippen LogP contribution < -0.4 is 10.1 Å². The Labute approximate surface area is 177 Å². The Balaban J connectivity index is 1.29. The van der Waals surface area contributed by atoms with Crippen molar-refractivity contribution in [1.82, 2.24) is 10.3 Å². The molecule has 4 aromatic rings. The highest BCUT2D eigenvalue weighted by molar-refractivity contribution is 6.32. The van der Waals surface area contributed by atoms with Crippen LogP contribution in [0.3, 0.4) is 0 Å². The van der Waals surface area contributed by atoms with Crippen LogP contribution in [0.1, 0.15) is 11.7 Å². The van der Waals surface area contributed by atoms with Gasteiger partial charge in [0.2, 0.25) is 0 Å². The van der Waals surface area contributed by atoms with E-state index in [2.05, 4.69) is 16.4 Å². The van der Waals surface area contributed by atoms with Crippen molar-refractivity contribution in [2.45, 2.75) is 6.10 Å². The Morgan fingerprint density at radius 2 is 1.90 bits per heavy atom. The summed E-state index contributed by atoms with van der Waals surface area (Å²) >= 11 is 5.80. The van der Waals surface area contributed by atoms with Crippen LogP contribution in [-0.4, -0.2) is 34.7 Å². The number of hydrogen-bond donors (Lipinski definition) is 3. The largest absolute Gasteiger partial charge is 0.492 e. The molecule has 30 heavy (non-hydrogen) atoms. The predicted octanol–water partition coefficient (Wildman–Crippen LogP) is 4.58. The third kappa shape index (κ3) is 4.23. The van der Waals surface area contributed by atoms with E-state index in [9.17, 15) is 15.2 Å². The highest BCUT2D eigenvalue weighted by atomic mass is 35.5. The topological polar surface area (TPSA) is 100 Å². The van der Waals surface area contributed by atoms with Gasteiger partial charge in [-0.25, -0.2) is 0 Å². The maximum absolute atomic E-state index is 11.0. The van der Waals surface area contributed by atoms with Crippen LogP contribution in [-0.2, 0) is 0 Å². The van der Waals surface area contributed by atoms with Gasteiger partial charge in [-0.1, -0.05) is 35.9 Å². The molecule has 1 atom stereocenters. The highest BCUT2D eigenvalue weighted by Crippen LogP contribution is 2.29. The molecular weight excluding hydrogens is 406 g/mol. The second kappa shape index (κ2) is 8.71. The van der Waals surface area contributed by atoms with Crippen LogP contribution in [0.2, 0.25) is 5.02 Å². The van der Waals surface area contributed by atoms with E-state index in [1.807, 2.05) is 36.4 Å². The van der Waals surface area contributed by atoms with Gasteiger partial charge in [-0.15, -0.1) is 0 Å². The number of H-pyrrole nitrogens is 1. The summed E-state index contributed by atoms with van der Waals surface area (Å²) in [6.45, 7) is 1.17. The number of aromatic nitrogens is 1. The minimum absolute atomic E-state index is 0.0456. The number of aliphatic hydroxyl groups is 1.